The van der Waals surface area contributed by atoms with Gasteiger partial charge in [-0.1, -0.05) is 217 Å². The molecule has 8 aromatic carbocycles. The molecule has 0 radical (unpaired) electrons. The van der Waals surface area contributed by atoms with Crippen molar-refractivity contribution in [1.29, 1.82) is 0 Å². The molecule has 0 N–H and O–H groups in total. The van der Waals surface area contributed by atoms with Gasteiger partial charge in [0, 0.05) is 35.4 Å². The molecule has 0 amide bonds. The van der Waals surface area contributed by atoms with Crippen LogP contribution in [0.5, 0.6) is 0 Å². The van der Waals surface area contributed by atoms with Crippen LogP contribution < -0.4 is 21.9 Å². The smallest absolute Gasteiger partial charge is 0.421 e. The molecule has 4 heteroatoms. The highest BCUT2D eigenvalue weighted by Gasteiger charge is 2.54. The summed E-state index contributed by atoms with van der Waals surface area (Å²) in [6, 6.07) is 89.2. The van der Waals surface area contributed by atoms with Crippen LogP contribution in [0.1, 0.15) is 33.8 Å². The molecule has 2 aliphatic rings. The van der Waals surface area contributed by atoms with Crippen molar-refractivity contribution >= 4 is 67.4 Å². The normalized spacial score (nSPS) is 14.9. The fourth-order valence-corrected chi connectivity index (χ4v) is 11.4. The average Bonchev–Trinajstić information content (AvgIpc) is 4.15. The topological polar surface area (TPSA) is 5.40 Å². The second kappa shape index (κ2) is 14.4. The Morgan fingerprint density at radius 2 is 0.565 bits per heavy atom. The third kappa shape index (κ3) is 5.20. The van der Waals surface area contributed by atoms with E-state index < -0.39 is 12.7 Å². The van der Waals surface area contributed by atoms with Crippen LogP contribution in [-0.4, -0.2) is 12.7 Å². The summed E-state index contributed by atoms with van der Waals surface area (Å²) in [7, 11) is 0. The maximum Gasteiger partial charge on any atom is 0.421 e. The Hall–Kier alpha value is -7.81. The molecule has 0 unspecified atom stereocenters. The van der Waals surface area contributed by atoms with E-state index in [9.17, 15) is 0 Å². The molecule has 2 aromatic heterocycles. The molecule has 4 heterocycles. The van der Waals surface area contributed by atoms with Gasteiger partial charge in [-0.3, -0.25) is 0 Å². The first-order valence-corrected chi connectivity index (χ1v) is 21.7. The highest BCUT2D eigenvalue weighted by molar-refractivity contribution is 7.13. The van der Waals surface area contributed by atoms with Crippen molar-refractivity contribution in [2.45, 2.75) is 0 Å². The molecule has 2 nitrogen and oxygen atoms in total. The second-order valence-corrected chi connectivity index (χ2v) is 16.8. The molecule has 0 aliphatic carbocycles. The van der Waals surface area contributed by atoms with E-state index in [4.69, 9.17) is 0 Å². The first-order chi connectivity index (χ1) is 30.8. The van der Waals surface area contributed by atoms with Crippen molar-refractivity contribution in [2.75, 3.05) is 0 Å². The van der Waals surface area contributed by atoms with Gasteiger partial charge in [0.15, 0.2) is 12.5 Å². The Balaban J connectivity index is 1.10. The molecule has 62 heavy (non-hydrogen) atoms. The predicted molar refractivity (Wildman–Crippen MR) is 262 cm³/mol. The van der Waals surface area contributed by atoms with Crippen LogP contribution in [0, 0.1) is 0 Å². The van der Waals surface area contributed by atoms with Gasteiger partial charge in [-0.05, 0) is 45.2 Å². The summed E-state index contributed by atoms with van der Waals surface area (Å²) in [5.74, 6) is 2.30. The van der Waals surface area contributed by atoms with Crippen LogP contribution in [0.4, 0.5) is 0 Å². The van der Waals surface area contributed by atoms with Gasteiger partial charge in [0.05, 0.1) is 0 Å². The Bertz CT molecular complexity index is 3010. The van der Waals surface area contributed by atoms with Crippen LogP contribution in [0.3, 0.4) is 0 Å². The first-order valence-electron chi connectivity index (χ1n) is 21.7. The maximum atomic E-state index is 3.74. The van der Waals surface area contributed by atoms with E-state index in [2.05, 4.69) is 263 Å². The zero-order chi connectivity index (χ0) is 41.1. The SMILES string of the molecule is c1ccc(C2=C(c3ccc4cc(C5=C(c6ccccc6)[B-](c6ccccc6)(c6ccccc6)[o+]6cccc65)ccc4c3)c3ccc[o+]3[B-]2(c2ccccc2)c2ccccc2)cc1. The third-order valence-electron chi connectivity index (χ3n) is 13.7. The summed E-state index contributed by atoms with van der Waals surface area (Å²) in [6.07, 6.45) is 1.07. The zero-order valence-electron chi connectivity index (χ0n) is 34.2. The minimum Gasteiger partial charge on any atom is -0.777 e. The molecule has 0 bridgehead atoms. The summed E-state index contributed by atoms with van der Waals surface area (Å²) < 4.78 is 7.48. The van der Waals surface area contributed by atoms with Crippen LogP contribution >= 0.6 is 0 Å². The van der Waals surface area contributed by atoms with Crippen molar-refractivity contribution in [3.8, 4) is 0 Å². The van der Waals surface area contributed by atoms with Crippen LogP contribution in [0.15, 0.2) is 263 Å². The zero-order valence-corrected chi connectivity index (χ0v) is 34.2. The molecule has 292 valence electrons. The molecule has 2 aliphatic heterocycles. The molecular weight excluding hydrogens is 750 g/mol. The molecule has 0 saturated carbocycles. The molecule has 12 rings (SSSR count). The quantitative estimate of drug-likeness (QED) is 0.107. The van der Waals surface area contributed by atoms with Gasteiger partial charge < -0.3 is 7.93 Å². The van der Waals surface area contributed by atoms with Gasteiger partial charge in [-0.2, -0.15) is 0 Å². The number of furan rings is 2. The van der Waals surface area contributed by atoms with Crippen molar-refractivity contribution in [3.05, 3.63) is 289 Å². The van der Waals surface area contributed by atoms with E-state index in [1.54, 1.807) is 0 Å². The van der Waals surface area contributed by atoms with Gasteiger partial charge >= 0.3 is 12.7 Å². The number of hydrogen-bond donors (Lipinski definition) is 0. The summed E-state index contributed by atoms with van der Waals surface area (Å²) in [4.78, 5) is 0. The predicted octanol–water partition coefficient (Wildman–Crippen LogP) is 11.6. The van der Waals surface area contributed by atoms with Crippen molar-refractivity contribution in [3.63, 3.8) is 0 Å². The number of rotatable bonds is 8. The number of benzene rings is 8. The van der Waals surface area contributed by atoms with Crippen LogP contribution in [-0.2, 0) is 0 Å². The van der Waals surface area contributed by atoms with Gasteiger partial charge in [0.25, 0.3) is 0 Å². The summed E-state index contributed by atoms with van der Waals surface area (Å²) in [6.45, 7) is 0. The van der Waals surface area contributed by atoms with E-state index in [1.165, 1.54) is 77.0 Å². The van der Waals surface area contributed by atoms with Gasteiger partial charge in [0.1, 0.15) is 0 Å². The van der Waals surface area contributed by atoms with Crippen molar-refractivity contribution in [2.24, 2.45) is 0 Å². The lowest BCUT2D eigenvalue weighted by Gasteiger charge is -2.39. The Morgan fingerprint density at radius 3 is 0.887 bits per heavy atom. The Labute approximate surface area is 362 Å². The molecule has 10 aromatic rings. The van der Waals surface area contributed by atoms with Gasteiger partial charge in [-0.25, -0.2) is 0 Å². The lowest BCUT2D eigenvalue weighted by atomic mass is 9.27. The minimum absolute atomic E-state index is 1.15. The molecule has 0 atom stereocenters. The summed E-state index contributed by atoms with van der Waals surface area (Å²) in [5, 5.41) is 2.40. The van der Waals surface area contributed by atoms with Crippen molar-refractivity contribution in [1.82, 2.24) is 0 Å². The molecule has 0 saturated heterocycles. The van der Waals surface area contributed by atoms with Gasteiger partial charge in [-0.15, -0.1) is 21.9 Å². The van der Waals surface area contributed by atoms with E-state index >= 15 is 0 Å². The summed E-state index contributed by atoms with van der Waals surface area (Å²) >= 11 is 0. The van der Waals surface area contributed by atoms with Gasteiger partial charge in [0.2, 0.25) is 11.5 Å². The van der Waals surface area contributed by atoms with E-state index in [1.807, 2.05) is 0 Å². The fourth-order valence-electron chi connectivity index (χ4n) is 11.4. The Morgan fingerprint density at radius 1 is 0.258 bits per heavy atom. The maximum absolute atomic E-state index is 3.74. The molecule has 0 fully saturated rings. The highest BCUT2D eigenvalue weighted by atomic mass is 16.5. The average molecular weight is 793 g/mol. The lowest BCUT2D eigenvalue weighted by Crippen LogP contribution is -2.59. The summed E-state index contributed by atoms with van der Waals surface area (Å²) in [5.41, 5.74) is 14.9. The standard InChI is InChI=1S/C58H42B2O2/c1-7-21-43(22-8-1)57-55(53-33-19-39-61(53)59(57,49-25-11-3-12-26-49)50-27-13-4-14-28-50)47-37-35-46-42-48(38-36-45(46)41-47)56-54-34-20-40-62(54)60(51-29-15-5-16-30-51,52-31-17-6-18-32-52)58(56)44-23-9-2-10-24-44/h1-42H. The minimum atomic E-state index is -1.67. The van der Waals surface area contributed by atoms with E-state index in [0.29, 0.717) is 0 Å². The number of fused-ring (bicyclic) bond motifs is 3. The highest BCUT2D eigenvalue weighted by Crippen LogP contribution is 2.52. The second-order valence-electron chi connectivity index (χ2n) is 16.8. The lowest BCUT2D eigenvalue weighted by molar-refractivity contribution is 0.376. The third-order valence-corrected chi connectivity index (χ3v) is 13.7. The van der Waals surface area contributed by atoms with Crippen LogP contribution in [0.25, 0.3) is 32.9 Å². The van der Waals surface area contributed by atoms with E-state index in [0.717, 1.165) is 11.5 Å². The fraction of sp³-hybridized carbons (Fsp3) is 0. The van der Waals surface area contributed by atoms with E-state index in [-0.39, 0.29) is 0 Å². The largest absolute Gasteiger partial charge is 0.777 e. The molecule has 0 spiro atoms. The number of hydrogen-bond acceptors (Lipinski definition) is 0. The first kappa shape index (κ1) is 36.1. The van der Waals surface area contributed by atoms with Crippen LogP contribution in [0.2, 0.25) is 0 Å². The van der Waals surface area contributed by atoms with Crippen molar-refractivity contribution < 1.29 is 7.93 Å². The monoisotopic (exact) mass is 792 g/mol. The Kier molecular flexibility index (Phi) is 8.40. The molecular formula is C58H42B2O2.